The molecule has 1 N–H and O–H groups in total. The zero-order valence-electron chi connectivity index (χ0n) is 14.5. The molecule has 0 atom stereocenters. The van der Waals surface area contributed by atoms with Crippen molar-refractivity contribution in [3.8, 4) is 5.75 Å². The van der Waals surface area contributed by atoms with Crippen molar-refractivity contribution >= 4 is 22.6 Å². The smallest absolute Gasteiger partial charge is 0.336 e. The summed E-state index contributed by atoms with van der Waals surface area (Å²) in [5.41, 5.74) is 4.46. The summed E-state index contributed by atoms with van der Waals surface area (Å²) in [6, 6.07) is 6.62. The highest BCUT2D eigenvalue weighted by Gasteiger charge is 2.14. The Morgan fingerprint density at radius 2 is 2.08 bits per heavy atom. The third-order valence-corrected chi connectivity index (χ3v) is 4.48. The molecule has 3 rings (SSSR count). The highest BCUT2D eigenvalue weighted by molar-refractivity contribution is 5.87. The van der Waals surface area contributed by atoms with Gasteiger partial charge in [-0.2, -0.15) is 5.10 Å². The molecular weight excluding hydrogens is 320 g/mol. The van der Waals surface area contributed by atoms with E-state index in [4.69, 9.17) is 9.15 Å². The molecule has 25 heavy (non-hydrogen) atoms. The Kier molecular flexibility index (Phi) is 5.16. The maximum atomic E-state index is 11.9. The molecule has 1 aromatic heterocycles. The van der Waals surface area contributed by atoms with E-state index in [1.807, 2.05) is 13.0 Å². The van der Waals surface area contributed by atoms with E-state index in [0.29, 0.717) is 11.3 Å². The first-order valence-corrected chi connectivity index (χ1v) is 8.53. The van der Waals surface area contributed by atoms with Crippen molar-refractivity contribution in [3.05, 3.63) is 40.2 Å². The number of hydrogen-bond donors (Lipinski definition) is 1. The van der Waals surface area contributed by atoms with Gasteiger partial charge >= 0.3 is 5.63 Å². The molecule has 1 fully saturated rings. The fourth-order valence-corrected chi connectivity index (χ4v) is 2.92. The number of nitrogens with one attached hydrogen (secondary N) is 1. The van der Waals surface area contributed by atoms with Crippen molar-refractivity contribution in [1.29, 1.82) is 0 Å². The van der Waals surface area contributed by atoms with Gasteiger partial charge in [-0.05, 0) is 56.2 Å². The highest BCUT2D eigenvalue weighted by atomic mass is 16.5. The maximum Gasteiger partial charge on any atom is 0.336 e. The zero-order valence-corrected chi connectivity index (χ0v) is 14.5. The van der Waals surface area contributed by atoms with Crippen LogP contribution in [0.1, 0.15) is 38.2 Å². The van der Waals surface area contributed by atoms with Crippen LogP contribution in [0.3, 0.4) is 0 Å². The van der Waals surface area contributed by atoms with E-state index in [-0.39, 0.29) is 12.5 Å². The molecule has 1 aliphatic rings. The number of aryl methyl sites for hydroxylation is 1. The second kappa shape index (κ2) is 7.51. The molecule has 0 saturated heterocycles. The summed E-state index contributed by atoms with van der Waals surface area (Å²) in [5.74, 6) is 0.891. The average molecular weight is 342 g/mol. The molecule has 132 valence electrons. The molecule has 1 heterocycles. The van der Waals surface area contributed by atoms with Crippen LogP contribution in [0.25, 0.3) is 11.0 Å². The molecule has 1 aliphatic carbocycles. The Labute approximate surface area is 145 Å². The molecule has 0 spiro atoms. The Morgan fingerprint density at radius 3 is 2.84 bits per heavy atom. The van der Waals surface area contributed by atoms with Gasteiger partial charge in [-0.1, -0.05) is 6.92 Å². The van der Waals surface area contributed by atoms with E-state index >= 15 is 0 Å². The number of carbonyl (C=O) groups is 1. The summed E-state index contributed by atoms with van der Waals surface area (Å²) < 4.78 is 10.6. The van der Waals surface area contributed by atoms with Crippen molar-refractivity contribution in [2.24, 2.45) is 11.0 Å². The number of benzene rings is 1. The minimum Gasteiger partial charge on any atom is -0.484 e. The number of fused-ring (bicyclic) bond motifs is 1. The third kappa shape index (κ3) is 4.47. The van der Waals surface area contributed by atoms with Crippen LogP contribution in [0.2, 0.25) is 0 Å². The first-order chi connectivity index (χ1) is 12.0. The largest absolute Gasteiger partial charge is 0.484 e. The standard InChI is InChI=1S/C19H22N2O4/c1-12-3-5-14(6-4-12)20-21-18(22)11-24-15-7-8-16-13(2)9-19(23)25-17(16)10-15/h7-10,12H,3-6,11H2,1-2H3,(H,21,22). The molecular formula is C19H22N2O4. The van der Waals surface area contributed by atoms with Crippen molar-refractivity contribution < 1.29 is 13.9 Å². The van der Waals surface area contributed by atoms with Crippen molar-refractivity contribution in [2.75, 3.05) is 6.61 Å². The van der Waals surface area contributed by atoms with Crippen molar-refractivity contribution in [3.63, 3.8) is 0 Å². The van der Waals surface area contributed by atoms with E-state index < -0.39 is 5.63 Å². The van der Waals surface area contributed by atoms with E-state index in [2.05, 4.69) is 17.5 Å². The molecule has 0 radical (unpaired) electrons. The van der Waals surface area contributed by atoms with Crippen LogP contribution in [0.4, 0.5) is 0 Å². The van der Waals surface area contributed by atoms with Crippen LogP contribution in [0, 0.1) is 12.8 Å². The van der Waals surface area contributed by atoms with E-state index in [1.165, 1.54) is 6.07 Å². The number of amides is 1. The second-order valence-electron chi connectivity index (χ2n) is 6.59. The molecule has 1 aromatic carbocycles. The summed E-state index contributed by atoms with van der Waals surface area (Å²) in [6.45, 7) is 3.93. The van der Waals surface area contributed by atoms with Gasteiger partial charge < -0.3 is 9.15 Å². The lowest BCUT2D eigenvalue weighted by Gasteiger charge is -2.18. The van der Waals surface area contributed by atoms with Gasteiger partial charge in [-0.25, -0.2) is 10.2 Å². The van der Waals surface area contributed by atoms with E-state index in [9.17, 15) is 9.59 Å². The fourth-order valence-electron chi connectivity index (χ4n) is 2.92. The zero-order chi connectivity index (χ0) is 17.8. The normalized spacial score (nSPS) is 17.4. The summed E-state index contributed by atoms with van der Waals surface area (Å²) in [4.78, 5) is 23.3. The van der Waals surface area contributed by atoms with Gasteiger partial charge in [-0.15, -0.1) is 0 Å². The lowest BCUT2D eigenvalue weighted by molar-refractivity contribution is -0.123. The van der Waals surface area contributed by atoms with E-state index in [1.54, 1.807) is 12.1 Å². The van der Waals surface area contributed by atoms with Gasteiger partial charge in [0.1, 0.15) is 11.3 Å². The highest BCUT2D eigenvalue weighted by Crippen LogP contribution is 2.22. The molecule has 1 saturated carbocycles. The predicted octanol–water partition coefficient (Wildman–Crippen LogP) is 3.16. The number of rotatable bonds is 4. The minimum absolute atomic E-state index is 0.144. The van der Waals surface area contributed by atoms with Crippen molar-refractivity contribution in [2.45, 2.75) is 39.5 Å². The van der Waals surface area contributed by atoms with Gasteiger partial charge in [0.05, 0.1) is 0 Å². The SMILES string of the molecule is Cc1cc(=O)oc2cc(OCC(=O)NN=C3CCC(C)CC3)ccc12. The van der Waals surface area contributed by atoms with Crippen LogP contribution in [-0.2, 0) is 4.79 Å². The molecule has 0 bridgehead atoms. The fraction of sp³-hybridized carbons (Fsp3) is 0.421. The molecule has 0 unspecified atom stereocenters. The molecule has 0 aliphatic heterocycles. The second-order valence-corrected chi connectivity index (χ2v) is 6.59. The summed E-state index contributed by atoms with van der Waals surface area (Å²) >= 11 is 0. The topological polar surface area (TPSA) is 80.9 Å². The third-order valence-electron chi connectivity index (χ3n) is 4.48. The van der Waals surface area contributed by atoms with Gasteiger partial charge in [0, 0.05) is 23.2 Å². The average Bonchev–Trinajstić information content (AvgIpc) is 2.59. The number of hydrogen-bond acceptors (Lipinski definition) is 5. The number of carbonyl (C=O) groups excluding carboxylic acids is 1. The number of ether oxygens (including phenoxy) is 1. The summed E-state index contributed by atoms with van der Waals surface area (Å²) in [7, 11) is 0. The van der Waals surface area contributed by atoms with Crippen molar-refractivity contribution in [1.82, 2.24) is 5.43 Å². The lowest BCUT2D eigenvalue weighted by atomic mass is 9.90. The van der Waals surface area contributed by atoms with Crippen LogP contribution >= 0.6 is 0 Å². The van der Waals surface area contributed by atoms with Gasteiger partial charge in [0.25, 0.3) is 5.91 Å². The molecule has 1 amide bonds. The van der Waals surface area contributed by atoms with Crippen LogP contribution in [-0.4, -0.2) is 18.2 Å². The van der Waals surface area contributed by atoms with Gasteiger partial charge in [-0.3, -0.25) is 4.79 Å². The minimum atomic E-state index is -0.405. The Bertz CT molecular complexity index is 859. The maximum absolute atomic E-state index is 11.9. The number of hydrazone groups is 1. The van der Waals surface area contributed by atoms with E-state index in [0.717, 1.165) is 48.3 Å². The Hall–Kier alpha value is -2.63. The van der Waals surface area contributed by atoms with Crippen LogP contribution in [0.5, 0.6) is 5.75 Å². The van der Waals surface area contributed by atoms with Gasteiger partial charge in [0.2, 0.25) is 0 Å². The number of nitrogens with zero attached hydrogens (tertiary/aromatic N) is 1. The molecule has 2 aromatic rings. The Morgan fingerprint density at radius 1 is 1.32 bits per heavy atom. The first kappa shape index (κ1) is 17.2. The quantitative estimate of drug-likeness (QED) is 0.683. The first-order valence-electron chi connectivity index (χ1n) is 8.53. The monoisotopic (exact) mass is 342 g/mol. The predicted molar refractivity (Wildman–Crippen MR) is 95.9 cm³/mol. The summed E-state index contributed by atoms with van der Waals surface area (Å²) in [5, 5.41) is 5.02. The van der Waals surface area contributed by atoms with Crippen LogP contribution < -0.4 is 15.8 Å². The summed E-state index contributed by atoms with van der Waals surface area (Å²) in [6.07, 6.45) is 4.11. The lowest BCUT2D eigenvalue weighted by Crippen LogP contribution is -2.26. The van der Waals surface area contributed by atoms with Crippen LogP contribution in [0.15, 0.2) is 38.6 Å². The Balaban J connectivity index is 1.58. The molecule has 6 heteroatoms. The molecule has 6 nitrogen and oxygen atoms in total. The van der Waals surface area contributed by atoms with Gasteiger partial charge in [0.15, 0.2) is 6.61 Å².